The van der Waals surface area contributed by atoms with Crippen LogP contribution in [0, 0.1) is 0 Å². The molecule has 1 unspecified atom stereocenters. The molecule has 1 aromatic carbocycles. The Hall–Kier alpha value is -0.570. The summed E-state index contributed by atoms with van der Waals surface area (Å²) in [5.74, 6) is 0. The van der Waals surface area contributed by atoms with Crippen molar-refractivity contribution in [1.29, 1.82) is 0 Å². The summed E-state index contributed by atoms with van der Waals surface area (Å²) in [6.07, 6.45) is 5.38. The highest BCUT2D eigenvalue weighted by molar-refractivity contribution is 6.30. The highest BCUT2D eigenvalue weighted by Gasteiger charge is 2.20. The quantitative estimate of drug-likeness (QED) is 0.902. The van der Waals surface area contributed by atoms with Gasteiger partial charge in [0.2, 0.25) is 0 Å². The summed E-state index contributed by atoms with van der Waals surface area (Å²) in [6, 6.07) is 7.05. The Bertz CT molecular complexity index is 413. The molecule has 0 radical (unpaired) electrons. The molecule has 0 spiro atoms. The van der Waals surface area contributed by atoms with E-state index in [1.165, 1.54) is 49.9 Å². The molecule has 18 heavy (non-hydrogen) atoms. The lowest BCUT2D eigenvalue weighted by atomic mass is 10.0. The number of rotatable bonds is 3. The molecule has 1 fully saturated rings. The third-order valence-corrected chi connectivity index (χ3v) is 4.40. The van der Waals surface area contributed by atoms with E-state index in [0.29, 0.717) is 0 Å². The van der Waals surface area contributed by atoms with Gasteiger partial charge in [-0.05, 0) is 49.1 Å². The molecule has 0 amide bonds. The minimum atomic E-state index is 0.742. The van der Waals surface area contributed by atoms with E-state index < -0.39 is 0 Å². The second-order valence-corrected chi connectivity index (χ2v) is 6.00. The zero-order valence-electron chi connectivity index (χ0n) is 10.8. The molecule has 0 bridgehead atoms. The van der Waals surface area contributed by atoms with E-state index in [1.807, 2.05) is 6.07 Å². The molecule has 1 atom stereocenters. The first-order valence-corrected chi connectivity index (χ1v) is 7.42. The summed E-state index contributed by atoms with van der Waals surface area (Å²) < 4.78 is 0. The van der Waals surface area contributed by atoms with Gasteiger partial charge in [0.25, 0.3) is 0 Å². The van der Waals surface area contributed by atoms with Gasteiger partial charge in [0, 0.05) is 30.7 Å². The highest BCUT2D eigenvalue weighted by atomic mass is 35.5. The van der Waals surface area contributed by atoms with Gasteiger partial charge in [-0.3, -0.25) is 4.90 Å². The fraction of sp³-hybridized carbons (Fsp3) is 0.600. The summed E-state index contributed by atoms with van der Waals surface area (Å²) in [5, 5.41) is 4.49. The number of nitrogens with one attached hydrogen (secondary N) is 1. The molecular weight excluding hydrogens is 244 g/mol. The van der Waals surface area contributed by atoms with Gasteiger partial charge in [0.1, 0.15) is 0 Å². The van der Waals surface area contributed by atoms with Crippen molar-refractivity contribution in [3.8, 4) is 0 Å². The molecule has 2 aliphatic rings. The standard InChI is InChI=1S/C15H21ClN2/c16-14-5-4-12-10-18(11-13(12)9-14)8-6-15-3-1-2-7-17-15/h4-5,9,15,17H,1-3,6-8,10-11H2. The van der Waals surface area contributed by atoms with Crippen LogP contribution in [0.3, 0.4) is 0 Å². The Morgan fingerprint density at radius 2 is 2.11 bits per heavy atom. The van der Waals surface area contributed by atoms with Crippen LogP contribution >= 0.6 is 11.6 Å². The molecular formula is C15H21ClN2. The fourth-order valence-corrected chi connectivity index (χ4v) is 3.30. The number of benzene rings is 1. The minimum absolute atomic E-state index is 0.742. The number of hydrogen-bond donors (Lipinski definition) is 1. The van der Waals surface area contributed by atoms with Crippen molar-refractivity contribution in [2.75, 3.05) is 13.1 Å². The van der Waals surface area contributed by atoms with Crippen molar-refractivity contribution in [3.05, 3.63) is 34.3 Å². The third-order valence-electron chi connectivity index (χ3n) is 4.16. The zero-order valence-corrected chi connectivity index (χ0v) is 11.5. The van der Waals surface area contributed by atoms with Gasteiger partial charge in [-0.2, -0.15) is 0 Å². The number of fused-ring (bicyclic) bond motifs is 1. The lowest BCUT2D eigenvalue weighted by Crippen LogP contribution is -2.36. The van der Waals surface area contributed by atoms with Crippen molar-refractivity contribution in [2.45, 2.75) is 44.8 Å². The lowest BCUT2D eigenvalue weighted by molar-refractivity contribution is 0.252. The molecule has 2 nitrogen and oxygen atoms in total. The molecule has 0 aliphatic carbocycles. The van der Waals surface area contributed by atoms with Crippen LogP contribution in [-0.2, 0) is 13.1 Å². The van der Waals surface area contributed by atoms with Gasteiger partial charge in [0.15, 0.2) is 0 Å². The molecule has 1 saturated heterocycles. The molecule has 98 valence electrons. The number of piperidine rings is 1. The topological polar surface area (TPSA) is 15.3 Å². The zero-order chi connectivity index (χ0) is 12.4. The average molecular weight is 265 g/mol. The van der Waals surface area contributed by atoms with E-state index in [0.717, 1.165) is 24.2 Å². The maximum Gasteiger partial charge on any atom is 0.0409 e. The smallest absolute Gasteiger partial charge is 0.0409 e. The van der Waals surface area contributed by atoms with Crippen LogP contribution in [0.5, 0.6) is 0 Å². The Morgan fingerprint density at radius 3 is 2.94 bits per heavy atom. The lowest BCUT2D eigenvalue weighted by Gasteiger charge is -2.25. The van der Waals surface area contributed by atoms with Gasteiger partial charge in [-0.15, -0.1) is 0 Å². The molecule has 0 aromatic heterocycles. The Morgan fingerprint density at radius 1 is 1.22 bits per heavy atom. The monoisotopic (exact) mass is 264 g/mol. The van der Waals surface area contributed by atoms with Crippen molar-refractivity contribution >= 4 is 11.6 Å². The van der Waals surface area contributed by atoms with Crippen LogP contribution in [0.4, 0.5) is 0 Å². The first-order chi connectivity index (χ1) is 8.81. The average Bonchev–Trinajstić information content (AvgIpc) is 2.79. The fourth-order valence-electron chi connectivity index (χ4n) is 3.10. The summed E-state index contributed by atoms with van der Waals surface area (Å²) in [6.45, 7) is 4.58. The van der Waals surface area contributed by atoms with E-state index >= 15 is 0 Å². The normalized spacial score (nSPS) is 24.2. The molecule has 2 heterocycles. The van der Waals surface area contributed by atoms with E-state index in [2.05, 4.69) is 22.3 Å². The Kier molecular flexibility index (Phi) is 3.88. The van der Waals surface area contributed by atoms with Crippen molar-refractivity contribution in [3.63, 3.8) is 0 Å². The van der Waals surface area contributed by atoms with Crippen LogP contribution < -0.4 is 5.32 Å². The van der Waals surface area contributed by atoms with Crippen molar-refractivity contribution in [1.82, 2.24) is 10.2 Å². The van der Waals surface area contributed by atoms with Crippen molar-refractivity contribution < 1.29 is 0 Å². The van der Waals surface area contributed by atoms with E-state index in [1.54, 1.807) is 0 Å². The number of nitrogens with zero attached hydrogens (tertiary/aromatic N) is 1. The largest absolute Gasteiger partial charge is 0.314 e. The van der Waals surface area contributed by atoms with Crippen molar-refractivity contribution in [2.24, 2.45) is 0 Å². The number of hydrogen-bond acceptors (Lipinski definition) is 2. The SMILES string of the molecule is Clc1ccc2c(c1)CN(CCC1CCCCN1)C2. The van der Waals surface area contributed by atoms with E-state index in [9.17, 15) is 0 Å². The summed E-state index contributed by atoms with van der Waals surface area (Å²) in [4.78, 5) is 2.54. The molecule has 0 saturated carbocycles. The molecule has 1 N–H and O–H groups in total. The highest BCUT2D eigenvalue weighted by Crippen LogP contribution is 2.26. The van der Waals surface area contributed by atoms with E-state index in [-0.39, 0.29) is 0 Å². The summed E-state index contributed by atoms with van der Waals surface area (Å²) >= 11 is 6.04. The molecule has 1 aromatic rings. The van der Waals surface area contributed by atoms with E-state index in [4.69, 9.17) is 11.6 Å². The predicted molar refractivity (Wildman–Crippen MR) is 75.8 cm³/mol. The van der Waals surface area contributed by atoms with Crippen LogP contribution in [0.2, 0.25) is 5.02 Å². The van der Waals surface area contributed by atoms with Gasteiger partial charge in [-0.25, -0.2) is 0 Å². The van der Waals surface area contributed by atoms with Crippen LogP contribution in [0.25, 0.3) is 0 Å². The van der Waals surface area contributed by atoms with Crippen LogP contribution in [0.1, 0.15) is 36.8 Å². The van der Waals surface area contributed by atoms with Crippen LogP contribution in [0.15, 0.2) is 18.2 Å². The maximum absolute atomic E-state index is 6.04. The minimum Gasteiger partial charge on any atom is -0.314 e. The van der Waals surface area contributed by atoms with Crippen LogP contribution in [-0.4, -0.2) is 24.0 Å². The summed E-state index contributed by atoms with van der Waals surface area (Å²) in [5.41, 5.74) is 2.87. The number of halogens is 1. The molecule has 3 rings (SSSR count). The maximum atomic E-state index is 6.04. The second kappa shape index (κ2) is 5.60. The van der Waals surface area contributed by atoms with Gasteiger partial charge >= 0.3 is 0 Å². The third kappa shape index (κ3) is 2.87. The van der Waals surface area contributed by atoms with Gasteiger partial charge in [-0.1, -0.05) is 24.1 Å². The molecule has 2 aliphatic heterocycles. The first kappa shape index (κ1) is 12.5. The Labute approximate surface area is 114 Å². The first-order valence-electron chi connectivity index (χ1n) is 7.04. The summed E-state index contributed by atoms with van der Waals surface area (Å²) in [7, 11) is 0. The predicted octanol–water partition coefficient (Wildman–Crippen LogP) is 3.19. The molecule has 3 heteroatoms. The van der Waals surface area contributed by atoms with Gasteiger partial charge in [0.05, 0.1) is 0 Å². The van der Waals surface area contributed by atoms with Gasteiger partial charge < -0.3 is 5.32 Å². The Balaban J connectivity index is 1.51. The second-order valence-electron chi connectivity index (χ2n) is 5.56.